The van der Waals surface area contributed by atoms with Crippen LogP contribution in [0.5, 0.6) is 5.75 Å². The van der Waals surface area contributed by atoms with Crippen LogP contribution in [0.15, 0.2) is 70.2 Å². The highest BCUT2D eigenvalue weighted by atomic mass is 79.9. The van der Waals surface area contributed by atoms with E-state index in [9.17, 15) is 14.7 Å². The van der Waals surface area contributed by atoms with Crippen LogP contribution in [0.3, 0.4) is 0 Å². The van der Waals surface area contributed by atoms with Gasteiger partial charge < -0.3 is 9.84 Å². The van der Waals surface area contributed by atoms with Crippen LogP contribution in [0.25, 0.3) is 10.8 Å². The van der Waals surface area contributed by atoms with Gasteiger partial charge in [0.1, 0.15) is 11.4 Å². The van der Waals surface area contributed by atoms with Crippen molar-refractivity contribution in [1.29, 1.82) is 0 Å². The molecule has 8 heteroatoms. The van der Waals surface area contributed by atoms with E-state index < -0.39 is 23.1 Å². The number of phenols is 1. The summed E-state index contributed by atoms with van der Waals surface area (Å²) in [5.74, 6) is -0.655. The number of anilines is 1. The molecule has 0 saturated heterocycles. The Morgan fingerprint density at radius 1 is 1.09 bits per heavy atom. The molecule has 2 N–H and O–H groups in total. The van der Waals surface area contributed by atoms with Crippen LogP contribution in [-0.2, 0) is 15.1 Å². The topological polar surface area (TPSA) is 91.2 Å². The number of hydrogen-bond acceptors (Lipinski definition) is 5. The molecule has 4 rings (SSSR count). The number of hydrazone groups is 1. The Bertz CT molecular complexity index is 1280. The van der Waals surface area contributed by atoms with Gasteiger partial charge in [-0.05, 0) is 51.3 Å². The third-order valence-corrected chi connectivity index (χ3v) is 6.02. The Kier molecular flexibility index (Phi) is 5.66. The summed E-state index contributed by atoms with van der Waals surface area (Å²) < 4.78 is 6.13. The van der Waals surface area contributed by atoms with Gasteiger partial charge in [-0.2, -0.15) is 10.1 Å². The number of benzene rings is 3. The van der Waals surface area contributed by atoms with E-state index in [2.05, 4.69) is 26.3 Å². The molecule has 0 bridgehead atoms. The second-order valence-corrected chi connectivity index (χ2v) is 9.67. The molecule has 1 aliphatic heterocycles. The Morgan fingerprint density at radius 3 is 2.33 bits per heavy atom. The average Bonchev–Trinajstić information content (AvgIpc) is 3.01. The predicted molar refractivity (Wildman–Crippen MR) is 131 cm³/mol. The molecule has 170 valence electrons. The predicted octanol–water partition coefficient (Wildman–Crippen LogP) is 5.45. The van der Waals surface area contributed by atoms with E-state index in [0.29, 0.717) is 21.3 Å². The minimum atomic E-state index is -1.77. The van der Waals surface area contributed by atoms with Gasteiger partial charge in [0, 0.05) is 15.4 Å². The molecule has 2 amide bonds. The number of carbonyl (C=O) groups excluding carboxylic acids is 2. The van der Waals surface area contributed by atoms with E-state index in [1.54, 1.807) is 70.2 Å². The first-order valence-electron chi connectivity index (χ1n) is 10.4. The van der Waals surface area contributed by atoms with Gasteiger partial charge in [-0.25, -0.2) is 4.79 Å². The first-order valence-corrected chi connectivity index (χ1v) is 11.2. The number of phenolic OH excluding ortho intramolecular Hbond substituents is 1. The van der Waals surface area contributed by atoms with Gasteiger partial charge >= 0.3 is 6.09 Å². The monoisotopic (exact) mass is 509 g/mol. The van der Waals surface area contributed by atoms with Crippen molar-refractivity contribution in [3.05, 3.63) is 70.7 Å². The lowest BCUT2D eigenvalue weighted by molar-refractivity contribution is -0.122. The lowest BCUT2D eigenvalue weighted by Crippen LogP contribution is -2.57. The molecule has 3 aromatic rings. The molecule has 3 aromatic carbocycles. The summed E-state index contributed by atoms with van der Waals surface area (Å²) in [7, 11) is 0. The number of nitrogens with zero attached hydrogens (tertiary/aromatic N) is 2. The largest absolute Gasteiger partial charge is 0.507 e. The van der Waals surface area contributed by atoms with Gasteiger partial charge in [-0.15, -0.1) is 0 Å². The minimum Gasteiger partial charge on any atom is -0.507 e. The summed E-state index contributed by atoms with van der Waals surface area (Å²) in [5, 5.41) is 21.0. The zero-order valence-corrected chi connectivity index (χ0v) is 20.3. The highest BCUT2D eigenvalue weighted by Gasteiger charge is 2.54. The third kappa shape index (κ3) is 3.95. The molecule has 0 saturated carbocycles. The third-order valence-electron chi connectivity index (χ3n) is 5.36. The summed E-state index contributed by atoms with van der Waals surface area (Å²) >= 11 is 3.55. The first kappa shape index (κ1) is 22.8. The molecule has 7 nitrogen and oxygen atoms in total. The quantitative estimate of drug-likeness (QED) is 0.490. The van der Waals surface area contributed by atoms with Gasteiger partial charge in [0.05, 0.1) is 11.4 Å². The van der Waals surface area contributed by atoms with Crippen molar-refractivity contribution in [3.8, 4) is 5.75 Å². The van der Waals surface area contributed by atoms with Crippen LogP contribution in [0.4, 0.5) is 10.5 Å². The Labute approximate surface area is 200 Å². The number of amides is 2. The van der Waals surface area contributed by atoms with E-state index in [1.165, 1.54) is 5.01 Å². The molecule has 0 aromatic heterocycles. The Hall–Kier alpha value is -3.39. The van der Waals surface area contributed by atoms with Crippen LogP contribution in [-0.4, -0.2) is 28.4 Å². The summed E-state index contributed by atoms with van der Waals surface area (Å²) in [5.41, 5.74) is -1.53. The molecule has 0 radical (unpaired) electrons. The van der Waals surface area contributed by atoms with E-state index in [-0.39, 0.29) is 11.3 Å². The van der Waals surface area contributed by atoms with Crippen molar-refractivity contribution in [2.45, 2.75) is 38.8 Å². The Balaban J connectivity index is 1.93. The second kappa shape index (κ2) is 8.19. The standard InChI is InChI=1S/C25H24BrN3O4/c1-15-25(27-23(32)33-24(2,3)4,22(31)29(28-15)16-10-6-5-7-11-16)19-14-20(26)17-12-8-9-13-18(17)21(19)30/h5-14,30H,1-4H3,(H,27,32)/t25-/m1/s1. The van der Waals surface area contributed by atoms with Crippen LogP contribution in [0.1, 0.15) is 33.3 Å². The van der Waals surface area contributed by atoms with Crippen LogP contribution in [0.2, 0.25) is 0 Å². The normalized spacial score (nSPS) is 18.4. The molecule has 0 aliphatic carbocycles. The van der Waals surface area contributed by atoms with Crippen LogP contribution in [0, 0.1) is 0 Å². The van der Waals surface area contributed by atoms with E-state index in [0.717, 1.165) is 5.39 Å². The zero-order chi connectivity index (χ0) is 24.0. The fourth-order valence-corrected chi connectivity index (χ4v) is 4.48. The minimum absolute atomic E-state index is 0.123. The lowest BCUT2D eigenvalue weighted by atomic mass is 9.83. The first-order chi connectivity index (χ1) is 15.5. The van der Waals surface area contributed by atoms with Gasteiger partial charge in [-0.1, -0.05) is 58.4 Å². The van der Waals surface area contributed by atoms with Crippen molar-refractivity contribution in [2.75, 3.05) is 5.01 Å². The fourth-order valence-electron chi connectivity index (χ4n) is 3.91. The van der Waals surface area contributed by atoms with E-state index in [1.807, 2.05) is 18.2 Å². The van der Waals surface area contributed by atoms with Gasteiger partial charge in [0.25, 0.3) is 5.91 Å². The van der Waals surface area contributed by atoms with Crippen molar-refractivity contribution >= 4 is 50.1 Å². The average molecular weight is 510 g/mol. The maximum atomic E-state index is 14.0. The molecule has 1 atom stereocenters. The molecule has 33 heavy (non-hydrogen) atoms. The number of fused-ring (bicyclic) bond motifs is 1. The molecular formula is C25H24BrN3O4. The second-order valence-electron chi connectivity index (χ2n) is 8.81. The van der Waals surface area contributed by atoms with Crippen LogP contribution >= 0.6 is 15.9 Å². The van der Waals surface area contributed by atoms with Crippen molar-refractivity contribution < 1.29 is 19.4 Å². The van der Waals surface area contributed by atoms with Crippen LogP contribution < -0.4 is 10.3 Å². The number of halogens is 1. The molecule has 0 spiro atoms. The fraction of sp³-hybridized carbons (Fsp3) is 0.240. The molecule has 1 aliphatic rings. The lowest BCUT2D eigenvalue weighted by Gasteiger charge is -2.32. The van der Waals surface area contributed by atoms with Gasteiger partial charge in [0.15, 0.2) is 5.54 Å². The van der Waals surface area contributed by atoms with Crippen molar-refractivity contribution in [1.82, 2.24) is 5.32 Å². The maximum Gasteiger partial charge on any atom is 0.409 e. The van der Waals surface area contributed by atoms with E-state index in [4.69, 9.17) is 4.74 Å². The number of ether oxygens (including phenoxy) is 1. The number of hydrogen-bond donors (Lipinski definition) is 2. The summed E-state index contributed by atoms with van der Waals surface area (Å²) in [4.78, 5) is 26.9. The number of rotatable bonds is 3. The number of alkyl carbamates (subject to hydrolysis) is 1. The zero-order valence-electron chi connectivity index (χ0n) is 18.7. The number of nitrogens with one attached hydrogen (secondary N) is 1. The Morgan fingerprint density at radius 2 is 1.70 bits per heavy atom. The maximum absolute atomic E-state index is 14.0. The summed E-state index contributed by atoms with van der Waals surface area (Å²) in [6.45, 7) is 6.84. The summed E-state index contributed by atoms with van der Waals surface area (Å²) in [6.07, 6.45) is -0.802. The van der Waals surface area contributed by atoms with Gasteiger partial charge in [0.2, 0.25) is 0 Å². The SMILES string of the molecule is CC1=NN(c2ccccc2)C(=O)[C@]1(NC(=O)OC(C)(C)C)c1cc(Br)c2ccccc2c1O. The smallest absolute Gasteiger partial charge is 0.409 e. The van der Waals surface area contributed by atoms with Gasteiger partial charge in [-0.3, -0.25) is 10.1 Å². The highest BCUT2D eigenvalue weighted by molar-refractivity contribution is 9.10. The molecule has 0 fully saturated rings. The number of carbonyl (C=O) groups is 2. The molecule has 1 heterocycles. The highest BCUT2D eigenvalue weighted by Crippen LogP contribution is 2.44. The van der Waals surface area contributed by atoms with Crippen molar-refractivity contribution in [3.63, 3.8) is 0 Å². The number of para-hydroxylation sites is 1. The molecule has 0 unspecified atom stereocenters. The van der Waals surface area contributed by atoms with E-state index >= 15 is 0 Å². The van der Waals surface area contributed by atoms with Crippen molar-refractivity contribution in [2.24, 2.45) is 5.10 Å². The molecular weight excluding hydrogens is 486 g/mol. The summed E-state index contributed by atoms with van der Waals surface area (Å²) in [6, 6.07) is 17.8. The number of aromatic hydroxyl groups is 1.